The molecule has 10 aromatic rings. The van der Waals surface area contributed by atoms with Crippen molar-refractivity contribution in [1.29, 1.82) is 0 Å². The highest BCUT2D eigenvalue weighted by Gasteiger charge is 2.19. The first kappa shape index (κ1) is 32.3. The zero-order chi connectivity index (χ0) is 36.6. The highest BCUT2D eigenvalue weighted by molar-refractivity contribution is 6.08. The van der Waals surface area contributed by atoms with E-state index in [1.807, 2.05) is 36.4 Å². The van der Waals surface area contributed by atoms with E-state index in [1.165, 1.54) is 44.2 Å². The van der Waals surface area contributed by atoms with Crippen molar-refractivity contribution < 1.29 is 0 Å². The van der Waals surface area contributed by atoms with Crippen LogP contribution in [0.15, 0.2) is 212 Å². The van der Waals surface area contributed by atoms with Crippen LogP contribution in [0.3, 0.4) is 0 Å². The van der Waals surface area contributed by atoms with Gasteiger partial charge in [0.25, 0.3) is 0 Å². The molecule has 3 aromatic heterocycles. The monoisotopic (exact) mass is 701 g/mol. The molecule has 0 aliphatic heterocycles. The lowest BCUT2D eigenvalue weighted by atomic mass is 9.97. The molecule has 0 spiro atoms. The summed E-state index contributed by atoms with van der Waals surface area (Å²) in [6.07, 6.45) is 0. The van der Waals surface area contributed by atoms with Gasteiger partial charge in [0, 0.05) is 27.5 Å². The number of pyridine rings is 1. The topological polar surface area (TPSA) is 30.2 Å². The van der Waals surface area contributed by atoms with Gasteiger partial charge in [0.05, 0.1) is 28.3 Å². The quantitative estimate of drug-likeness (QED) is 0.166. The molecule has 0 atom stereocenters. The molecule has 0 aliphatic carbocycles. The van der Waals surface area contributed by atoms with Crippen LogP contribution in [-0.2, 0) is 0 Å². The predicted molar refractivity (Wildman–Crippen MR) is 229 cm³/mol. The lowest BCUT2D eigenvalue weighted by Crippen LogP contribution is -1.96. The van der Waals surface area contributed by atoms with Gasteiger partial charge in [-0.2, -0.15) is 0 Å². The van der Waals surface area contributed by atoms with Crippen LogP contribution in [0.4, 0.5) is 0 Å². The molecule has 7 aromatic carbocycles. The van der Waals surface area contributed by atoms with Crippen LogP contribution in [-0.4, -0.2) is 14.4 Å². The minimum atomic E-state index is 0.705. The van der Waals surface area contributed by atoms with Gasteiger partial charge in [-0.05, 0) is 57.6 Å². The Morgan fingerprint density at radius 2 is 0.764 bits per heavy atom. The van der Waals surface area contributed by atoms with Crippen LogP contribution in [0, 0.1) is 0 Å². The van der Waals surface area contributed by atoms with E-state index in [1.54, 1.807) is 0 Å². The predicted octanol–water partition coefficient (Wildman–Crippen LogP) is 13.6. The average Bonchev–Trinajstić information content (AvgIpc) is 3.61. The van der Waals surface area contributed by atoms with Crippen molar-refractivity contribution in [2.75, 3.05) is 0 Å². The first-order chi connectivity index (χ1) is 27.3. The van der Waals surface area contributed by atoms with E-state index in [2.05, 4.69) is 180 Å². The van der Waals surface area contributed by atoms with E-state index in [-0.39, 0.29) is 0 Å². The zero-order valence-corrected chi connectivity index (χ0v) is 30.0. The molecule has 258 valence electrons. The van der Waals surface area contributed by atoms with Crippen molar-refractivity contribution >= 4 is 16.3 Å². The zero-order valence-electron chi connectivity index (χ0n) is 30.0. The average molecular weight is 702 g/mol. The number of nitrogens with zero attached hydrogens (tertiary/aromatic N) is 3. The van der Waals surface area contributed by atoms with Crippen molar-refractivity contribution in [2.45, 2.75) is 0 Å². The standard InChI is InChI=1S/C52H35N3/c1-5-16-37(17-6-1)47-35-48(38-18-7-2-8-19-38)54-52(53-47)41-30-28-36(29-31-41)42-24-15-25-43(32-42)44-33-49(39-20-9-3-10-21-39)55-50(34-44)45-26-13-14-27-46(45)51(55)40-22-11-4-12-23-40/h1-35H. The molecular formula is C52H35N3. The minimum absolute atomic E-state index is 0.705. The molecule has 0 bridgehead atoms. The van der Waals surface area contributed by atoms with Gasteiger partial charge in [-0.25, -0.2) is 9.97 Å². The van der Waals surface area contributed by atoms with Gasteiger partial charge < -0.3 is 4.40 Å². The fraction of sp³-hybridized carbons (Fsp3) is 0. The Balaban J connectivity index is 1.07. The molecule has 55 heavy (non-hydrogen) atoms. The van der Waals surface area contributed by atoms with Gasteiger partial charge in [-0.15, -0.1) is 0 Å². The summed E-state index contributed by atoms with van der Waals surface area (Å²) in [5.41, 5.74) is 15.5. The molecule has 0 amide bonds. The Hall–Kier alpha value is -7.36. The summed E-state index contributed by atoms with van der Waals surface area (Å²) >= 11 is 0. The van der Waals surface area contributed by atoms with Crippen LogP contribution >= 0.6 is 0 Å². The summed E-state index contributed by atoms with van der Waals surface area (Å²) < 4.78 is 2.44. The van der Waals surface area contributed by atoms with E-state index in [9.17, 15) is 0 Å². The molecule has 3 nitrogen and oxygen atoms in total. The second kappa shape index (κ2) is 13.9. The first-order valence-electron chi connectivity index (χ1n) is 18.7. The number of aromatic nitrogens is 3. The van der Waals surface area contributed by atoms with Gasteiger partial charge in [0.15, 0.2) is 5.82 Å². The largest absolute Gasteiger partial charge is 0.308 e. The maximum absolute atomic E-state index is 5.04. The highest BCUT2D eigenvalue weighted by Crippen LogP contribution is 2.41. The molecule has 10 rings (SSSR count). The summed E-state index contributed by atoms with van der Waals surface area (Å²) in [7, 11) is 0. The van der Waals surface area contributed by atoms with E-state index in [0.29, 0.717) is 5.82 Å². The van der Waals surface area contributed by atoms with Crippen molar-refractivity contribution in [1.82, 2.24) is 14.4 Å². The summed E-state index contributed by atoms with van der Waals surface area (Å²) in [4.78, 5) is 10.1. The normalized spacial score (nSPS) is 11.3. The number of hydrogen-bond acceptors (Lipinski definition) is 2. The van der Waals surface area contributed by atoms with E-state index in [4.69, 9.17) is 9.97 Å². The van der Waals surface area contributed by atoms with Crippen LogP contribution in [0.2, 0.25) is 0 Å². The molecule has 0 unspecified atom stereocenters. The molecule has 0 saturated carbocycles. The van der Waals surface area contributed by atoms with Crippen molar-refractivity contribution in [2.24, 2.45) is 0 Å². The summed E-state index contributed by atoms with van der Waals surface area (Å²) in [6.45, 7) is 0. The van der Waals surface area contributed by atoms with Crippen LogP contribution in [0.1, 0.15) is 0 Å². The van der Waals surface area contributed by atoms with Crippen LogP contribution in [0.25, 0.3) is 95.0 Å². The Morgan fingerprint density at radius 1 is 0.291 bits per heavy atom. The summed E-state index contributed by atoms with van der Waals surface area (Å²) in [5.74, 6) is 0.705. The third-order valence-corrected chi connectivity index (χ3v) is 10.4. The highest BCUT2D eigenvalue weighted by atomic mass is 14.9. The number of rotatable bonds is 7. The third kappa shape index (κ3) is 6.08. The molecule has 3 heterocycles. The second-order valence-electron chi connectivity index (χ2n) is 13.8. The van der Waals surface area contributed by atoms with Crippen molar-refractivity contribution in [3.63, 3.8) is 0 Å². The molecular weight excluding hydrogens is 667 g/mol. The number of fused-ring (bicyclic) bond motifs is 3. The van der Waals surface area contributed by atoms with Gasteiger partial charge in [0.1, 0.15) is 0 Å². The summed E-state index contributed by atoms with van der Waals surface area (Å²) in [6, 6.07) is 75.2. The maximum atomic E-state index is 5.04. The maximum Gasteiger partial charge on any atom is 0.160 e. The Labute approximate surface area is 320 Å². The molecule has 0 saturated heterocycles. The van der Waals surface area contributed by atoms with Gasteiger partial charge in [-0.1, -0.05) is 188 Å². The van der Waals surface area contributed by atoms with E-state index >= 15 is 0 Å². The molecule has 3 heteroatoms. The lowest BCUT2D eigenvalue weighted by Gasteiger charge is -2.15. The fourth-order valence-corrected chi connectivity index (χ4v) is 7.72. The number of benzene rings is 7. The van der Waals surface area contributed by atoms with E-state index in [0.717, 1.165) is 44.9 Å². The van der Waals surface area contributed by atoms with Crippen molar-refractivity contribution in [3.05, 3.63) is 212 Å². The first-order valence-corrected chi connectivity index (χ1v) is 18.7. The summed E-state index contributed by atoms with van der Waals surface area (Å²) in [5, 5.41) is 2.48. The number of hydrogen-bond donors (Lipinski definition) is 0. The van der Waals surface area contributed by atoms with Crippen LogP contribution < -0.4 is 0 Å². The minimum Gasteiger partial charge on any atom is -0.308 e. The van der Waals surface area contributed by atoms with Gasteiger partial charge >= 0.3 is 0 Å². The van der Waals surface area contributed by atoms with E-state index < -0.39 is 0 Å². The molecule has 0 aliphatic rings. The second-order valence-corrected chi connectivity index (χ2v) is 13.8. The van der Waals surface area contributed by atoms with Gasteiger partial charge in [0.2, 0.25) is 0 Å². The Kier molecular flexibility index (Phi) is 8.16. The van der Waals surface area contributed by atoms with Gasteiger partial charge in [-0.3, -0.25) is 0 Å². The van der Waals surface area contributed by atoms with Crippen molar-refractivity contribution in [3.8, 4) is 78.7 Å². The van der Waals surface area contributed by atoms with Crippen LogP contribution in [0.5, 0.6) is 0 Å². The third-order valence-electron chi connectivity index (χ3n) is 10.4. The molecule has 0 radical (unpaired) electrons. The Morgan fingerprint density at radius 3 is 1.36 bits per heavy atom. The Bertz CT molecular complexity index is 2880. The molecule has 0 N–H and O–H groups in total. The SMILES string of the molecule is c1ccc(-c2cc(-c3ccccc3)nc(-c3ccc(-c4cccc(-c5cc(-c6ccccc6)n6c(-c7ccccc7)c7ccccc7c6c5)c4)cc3)n2)cc1. The fourth-order valence-electron chi connectivity index (χ4n) is 7.72. The molecule has 0 fully saturated rings. The smallest absolute Gasteiger partial charge is 0.160 e. The lowest BCUT2D eigenvalue weighted by molar-refractivity contribution is 1.18.